The molecule has 1 aliphatic rings. The van der Waals surface area contributed by atoms with Crippen LogP contribution in [0.4, 0.5) is 5.69 Å². The second kappa shape index (κ2) is 5.80. The summed E-state index contributed by atoms with van der Waals surface area (Å²) in [6.07, 6.45) is 2.57. The maximum Gasteiger partial charge on any atom is 0.306 e. The van der Waals surface area contributed by atoms with Crippen LogP contribution >= 0.6 is 0 Å². The molecule has 2 rings (SSSR count). The Morgan fingerprint density at radius 1 is 1.30 bits per heavy atom. The highest BCUT2D eigenvalue weighted by Gasteiger charge is 2.32. The van der Waals surface area contributed by atoms with E-state index in [4.69, 9.17) is 10.2 Å². The average molecular weight is 298 g/mol. The zero-order chi connectivity index (χ0) is 14.8. The van der Waals surface area contributed by atoms with E-state index in [1.54, 1.807) is 12.1 Å². The van der Waals surface area contributed by atoms with E-state index in [-0.39, 0.29) is 16.7 Å². The van der Waals surface area contributed by atoms with Crippen molar-refractivity contribution < 1.29 is 18.3 Å². The normalized spacial score (nSPS) is 22.6. The smallest absolute Gasteiger partial charge is 0.306 e. The monoisotopic (exact) mass is 298 g/mol. The first-order chi connectivity index (χ1) is 9.38. The molecule has 1 aromatic carbocycles. The number of nitrogens with two attached hydrogens (primary N) is 1. The van der Waals surface area contributed by atoms with Gasteiger partial charge in [0.05, 0.1) is 10.8 Å². The van der Waals surface area contributed by atoms with Gasteiger partial charge in [-0.2, -0.15) is 0 Å². The Labute approximate surface area is 118 Å². The molecule has 0 radical (unpaired) electrons. The van der Waals surface area contributed by atoms with Crippen LogP contribution in [0.5, 0.6) is 0 Å². The van der Waals surface area contributed by atoms with Crippen LogP contribution in [0.2, 0.25) is 0 Å². The van der Waals surface area contributed by atoms with Crippen molar-refractivity contribution >= 4 is 21.7 Å². The second-order valence-electron chi connectivity index (χ2n) is 5.09. The Kier molecular flexibility index (Phi) is 4.29. The van der Waals surface area contributed by atoms with E-state index in [2.05, 4.69) is 5.32 Å². The Morgan fingerprint density at radius 3 is 2.50 bits per heavy atom. The van der Waals surface area contributed by atoms with Gasteiger partial charge in [0.15, 0.2) is 0 Å². The van der Waals surface area contributed by atoms with Crippen molar-refractivity contribution in [2.75, 3.05) is 11.9 Å². The van der Waals surface area contributed by atoms with Gasteiger partial charge in [0, 0.05) is 12.2 Å². The highest BCUT2D eigenvalue weighted by atomic mass is 32.2. The summed E-state index contributed by atoms with van der Waals surface area (Å²) in [5.74, 6) is -0.907. The van der Waals surface area contributed by atoms with E-state index in [9.17, 15) is 13.2 Å². The maximum atomic E-state index is 11.1. The van der Waals surface area contributed by atoms with Gasteiger partial charge in [-0.1, -0.05) is 6.42 Å². The number of hydrogen-bond donors (Lipinski definition) is 3. The molecular weight excluding hydrogens is 280 g/mol. The van der Waals surface area contributed by atoms with E-state index < -0.39 is 16.0 Å². The minimum Gasteiger partial charge on any atom is -0.481 e. The lowest BCUT2D eigenvalue weighted by atomic mass is 9.96. The molecule has 0 heterocycles. The third-order valence-corrected chi connectivity index (χ3v) is 4.66. The fourth-order valence-electron chi connectivity index (χ4n) is 2.62. The lowest BCUT2D eigenvalue weighted by molar-refractivity contribution is -0.142. The molecule has 0 amide bonds. The number of benzene rings is 1. The molecule has 4 N–H and O–H groups in total. The summed E-state index contributed by atoms with van der Waals surface area (Å²) in [5.41, 5.74) is 0.758. The number of aliphatic carboxylic acids is 1. The van der Waals surface area contributed by atoms with E-state index in [0.29, 0.717) is 6.54 Å². The average Bonchev–Trinajstić information content (AvgIpc) is 2.84. The Morgan fingerprint density at radius 2 is 1.95 bits per heavy atom. The number of carboxylic acid groups (broad SMARTS) is 1. The van der Waals surface area contributed by atoms with Crippen LogP contribution < -0.4 is 10.5 Å². The first kappa shape index (κ1) is 14.8. The zero-order valence-corrected chi connectivity index (χ0v) is 11.8. The van der Waals surface area contributed by atoms with Crippen molar-refractivity contribution in [3.8, 4) is 0 Å². The first-order valence-electron chi connectivity index (χ1n) is 6.47. The molecule has 0 aliphatic heterocycles. The molecule has 7 heteroatoms. The van der Waals surface area contributed by atoms with Crippen LogP contribution in [-0.4, -0.2) is 26.0 Å². The molecule has 0 saturated heterocycles. The van der Waals surface area contributed by atoms with Crippen LogP contribution in [-0.2, 0) is 14.8 Å². The summed E-state index contributed by atoms with van der Waals surface area (Å²) in [6, 6.07) is 6.12. The summed E-state index contributed by atoms with van der Waals surface area (Å²) in [7, 11) is -3.68. The molecule has 1 aliphatic carbocycles. The quantitative estimate of drug-likeness (QED) is 0.758. The van der Waals surface area contributed by atoms with E-state index in [0.717, 1.165) is 24.9 Å². The van der Waals surface area contributed by atoms with Crippen molar-refractivity contribution in [3.05, 3.63) is 24.3 Å². The fourth-order valence-corrected chi connectivity index (χ4v) is 3.13. The molecule has 6 nitrogen and oxygen atoms in total. The van der Waals surface area contributed by atoms with Crippen LogP contribution in [0.15, 0.2) is 29.2 Å². The molecule has 0 spiro atoms. The summed E-state index contributed by atoms with van der Waals surface area (Å²) in [6.45, 7) is 0.575. The van der Waals surface area contributed by atoms with Gasteiger partial charge in [0.2, 0.25) is 10.0 Å². The van der Waals surface area contributed by atoms with Gasteiger partial charge in [-0.3, -0.25) is 4.79 Å². The third-order valence-electron chi connectivity index (χ3n) is 3.73. The summed E-state index contributed by atoms with van der Waals surface area (Å²) in [4.78, 5) is 11.1. The summed E-state index contributed by atoms with van der Waals surface area (Å²) < 4.78 is 22.2. The third kappa shape index (κ3) is 3.49. The van der Waals surface area contributed by atoms with Gasteiger partial charge < -0.3 is 10.4 Å². The van der Waals surface area contributed by atoms with Crippen LogP contribution in [0, 0.1) is 11.8 Å². The van der Waals surface area contributed by atoms with Gasteiger partial charge >= 0.3 is 5.97 Å². The van der Waals surface area contributed by atoms with Crippen molar-refractivity contribution in [1.82, 2.24) is 0 Å². The summed E-state index contributed by atoms with van der Waals surface area (Å²) >= 11 is 0. The fraction of sp³-hybridized carbons (Fsp3) is 0.462. The van der Waals surface area contributed by atoms with Gasteiger partial charge in [-0.25, -0.2) is 13.6 Å². The van der Waals surface area contributed by atoms with Crippen molar-refractivity contribution in [2.45, 2.75) is 24.2 Å². The standard InChI is InChI=1S/C13H18N2O4S/c14-20(18,19)11-6-4-10(5-7-11)15-8-9-2-1-3-12(9)13(16)17/h4-7,9,12,15H,1-3,8H2,(H,16,17)(H2,14,18,19). The molecule has 110 valence electrons. The van der Waals surface area contributed by atoms with Crippen molar-refractivity contribution in [2.24, 2.45) is 17.0 Å². The molecule has 20 heavy (non-hydrogen) atoms. The largest absolute Gasteiger partial charge is 0.481 e. The van der Waals surface area contributed by atoms with E-state index in [1.807, 2.05) is 0 Å². The van der Waals surface area contributed by atoms with Gasteiger partial charge in [-0.15, -0.1) is 0 Å². The lowest BCUT2D eigenvalue weighted by Crippen LogP contribution is -2.24. The number of hydrogen-bond acceptors (Lipinski definition) is 4. The molecular formula is C13H18N2O4S. The Hall–Kier alpha value is -1.60. The van der Waals surface area contributed by atoms with Crippen LogP contribution in [0.25, 0.3) is 0 Å². The van der Waals surface area contributed by atoms with E-state index >= 15 is 0 Å². The number of carboxylic acids is 1. The SMILES string of the molecule is NS(=O)(=O)c1ccc(NCC2CCCC2C(=O)O)cc1. The second-order valence-corrected chi connectivity index (χ2v) is 6.65. The number of sulfonamides is 1. The molecule has 0 bridgehead atoms. The predicted molar refractivity (Wildman–Crippen MR) is 74.8 cm³/mol. The first-order valence-corrected chi connectivity index (χ1v) is 8.02. The number of rotatable bonds is 5. The van der Waals surface area contributed by atoms with Gasteiger partial charge in [-0.05, 0) is 43.0 Å². The Bertz CT molecular complexity index is 583. The number of primary sulfonamides is 1. The minimum absolute atomic E-state index is 0.0623. The summed E-state index contributed by atoms with van der Waals surface area (Å²) in [5, 5.41) is 17.3. The van der Waals surface area contributed by atoms with Gasteiger partial charge in [0.25, 0.3) is 0 Å². The van der Waals surface area contributed by atoms with Gasteiger partial charge in [0.1, 0.15) is 0 Å². The Balaban J connectivity index is 1.96. The zero-order valence-electron chi connectivity index (χ0n) is 11.0. The molecule has 1 saturated carbocycles. The molecule has 1 fully saturated rings. The minimum atomic E-state index is -3.68. The molecule has 1 aromatic rings. The van der Waals surface area contributed by atoms with Crippen LogP contribution in [0.1, 0.15) is 19.3 Å². The predicted octanol–water partition coefficient (Wildman–Crippen LogP) is 1.25. The lowest BCUT2D eigenvalue weighted by Gasteiger charge is -2.17. The van der Waals surface area contributed by atoms with E-state index in [1.165, 1.54) is 12.1 Å². The molecule has 2 unspecified atom stereocenters. The maximum absolute atomic E-state index is 11.1. The molecule has 2 atom stereocenters. The van der Waals surface area contributed by atoms with Crippen LogP contribution in [0.3, 0.4) is 0 Å². The topological polar surface area (TPSA) is 109 Å². The number of nitrogens with one attached hydrogen (secondary N) is 1. The number of carbonyl (C=O) groups is 1. The highest BCUT2D eigenvalue weighted by molar-refractivity contribution is 7.89. The van der Waals surface area contributed by atoms with Crippen molar-refractivity contribution in [3.63, 3.8) is 0 Å². The van der Waals surface area contributed by atoms with Crippen molar-refractivity contribution in [1.29, 1.82) is 0 Å². The highest BCUT2D eigenvalue weighted by Crippen LogP contribution is 2.32. The number of anilines is 1. The molecule has 0 aromatic heterocycles.